The molecule has 1 aromatic carbocycles. The van der Waals surface area contributed by atoms with E-state index in [9.17, 15) is 9.59 Å². The van der Waals surface area contributed by atoms with Crippen molar-refractivity contribution in [2.45, 2.75) is 26.2 Å². The summed E-state index contributed by atoms with van der Waals surface area (Å²) in [4.78, 5) is 22.6. The van der Waals surface area contributed by atoms with Gasteiger partial charge >= 0.3 is 11.9 Å². The summed E-state index contributed by atoms with van der Waals surface area (Å²) in [5.41, 5.74) is 6.49. The van der Waals surface area contributed by atoms with E-state index in [-0.39, 0.29) is 19.0 Å². The molecule has 0 heterocycles. The van der Waals surface area contributed by atoms with Gasteiger partial charge in [-0.3, -0.25) is 4.79 Å². The van der Waals surface area contributed by atoms with Crippen LogP contribution in [0.4, 0.5) is 5.69 Å². The maximum Gasteiger partial charge on any atom is 0.333 e. The van der Waals surface area contributed by atoms with Crippen molar-refractivity contribution in [3.05, 3.63) is 36.4 Å². The number of hydrogen-bond donors (Lipinski definition) is 1. The number of hydrogen-bond acceptors (Lipinski definition) is 5. The van der Waals surface area contributed by atoms with Crippen LogP contribution in [0, 0.1) is 0 Å². The van der Waals surface area contributed by atoms with Crippen LogP contribution in [-0.2, 0) is 14.3 Å². The van der Waals surface area contributed by atoms with Gasteiger partial charge in [0.2, 0.25) is 0 Å². The van der Waals surface area contributed by atoms with Crippen molar-refractivity contribution in [1.29, 1.82) is 0 Å². The van der Waals surface area contributed by atoms with Crippen molar-refractivity contribution in [2.75, 3.05) is 12.3 Å². The summed E-state index contributed by atoms with van der Waals surface area (Å²) in [6.07, 6.45) is 1.45. The minimum Gasteiger partial charge on any atom is -0.462 e. The van der Waals surface area contributed by atoms with Gasteiger partial charge in [0, 0.05) is 23.7 Å². The van der Waals surface area contributed by atoms with E-state index in [0.717, 1.165) is 0 Å². The molecule has 0 spiro atoms. The smallest absolute Gasteiger partial charge is 0.333 e. The first kappa shape index (κ1) is 15.8. The number of anilines is 1. The first-order valence-corrected chi connectivity index (χ1v) is 6.38. The normalized spacial score (nSPS) is 9.85. The second-order valence-corrected chi connectivity index (χ2v) is 4.42. The molecule has 108 valence electrons. The lowest BCUT2D eigenvalue weighted by molar-refractivity contribution is -0.139. The van der Waals surface area contributed by atoms with Crippen LogP contribution in [0.1, 0.15) is 26.2 Å². The summed E-state index contributed by atoms with van der Waals surface area (Å²) in [7, 11) is 0. The fraction of sp³-hybridized carbons (Fsp3) is 0.333. The number of carbonyl (C=O) groups is 2. The van der Waals surface area contributed by atoms with E-state index >= 15 is 0 Å². The van der Waals surface area contributed by atoms with Crippen molar-refractivity contribution >= 4 is 17.6 Å². The van der Waals surface area contributed by atoms with Crippen molar-refractivity contribution in [3.8, 4) is 5.75 Å². The highest BCUT2D eigenvalue weighted by atomic mass is 16.5. The zero-order valence-electron chi connectivity index (χ0n) is 11.6. The first-order chi connectivity index (χ1) is 9.49. The summed E-state index contributed by atoms with van der Waals surface area (Å²) in [5, 5.41) is 0. The minimum atomic E-state index is -0.410. The molecule has 20 heavy (non-hydrogen) atoms. The van der Waals surface area contributed by atoms with Gasteiger partial charge in [-0.2, -0.15) is 0 Å². The Kier molecular flexibility index (Phi) is 6.29. The summed E-state index contributed by atoms with van der Waals surface area (Å²) < 4.78 is 10.0. The average molecular weight is 277 g/mol. The third-order valence-corrected chi connectivity index (χ3v) is 2.45. The highest BCUT2D eigenvalue weighted by Gasteiger charge is 2.06. The van der Waals surface area contributed by atoms with Gasteiger partial charge in [-0.1, -0.05) is 12.6 Å². The van der Waals surface area contributed by atoms with Gasteiger partial charge in [-0.05, 0) is 31.9 Å². The quantitative estimate of drug-likeness (QED) is 0.272. The molecule has 5 nitrogen and oxygen atoms in total. The van der Waals surface area contributed by atoms with Gasteiger partial charge in [0.1, 0.15) is 5.75 Å². The largest absolute Gasteiger partial charge is 0.462 e. The molecule has 0 aliphatic carbocycles. The summed E-state index contributed by atoms with van der Waals surface area (Å²) >= 11 is 0. The number of unbranched alkanes of at least 4 members (excludes halogenated alkanes) is 1. The number of ether oxygens (including phenoxy) is 2. The lowest BCUT2D eigenvalue weighted by Crippen LogP contribution is -2.09. The highest BCUT2D eigenvalue weighted by Crippen LogP contribution is 2.15. The van der Waals surface area contributed by atoms with E-state index in [1.807, 2.05) is 0 Å². The topological polar surface area (TPSA) is 78.6 Å². The van der Waals surface area contributed by atoms with E-state index in [1.54, 1.807) is 31.2 Å². The van der Waals surface area contributed by atoms with Crippen LogP contribution < -0.4 is 10.5 Å². The van der Waals surface area contributed by atoms with Crippen LogP contribution in [0.15, 0.2) is 36.4 Å². The summed E-state index contributed by atoms with van der Waals surface area (Å²) in [5.74, 6) is -0.308. The van der Waals surface area contributed by atoms with E-state index < -0.39 is 5.97 Å². The lowest BCUT2D eigenvalue weighted by atomic mass is 10.2. The monoisotopic (exact) mass is 277 g/mol. The highest BCUT2D eigenvalue weighted by molar-refractivity contribution is 5.86. The van der Waals surface area contributed by atoms with Gasteiger partial charge < -0.3 is 15.2 Å². The maximum absolute atomic E-state index is 11.5. The summed E-state index contributed by atoms with van der Waals surface area (Å²) in [6, 6.07) is 6.69. The molecule has 0 aliphatic heterocycles. The predicted molar refractivity (Wildman–Crippen MR) is 76.1 cm³/mol. The average Bonchev–Trinajstić information content (AvgIpc) is 2.37. The van der Waals surface area contributed by atoms with Gasteiger partial charge in [-0.15, -0.1) is 0 Å². The van der Waals surface area contributed by atoms with Gasteiger partial charge in [-0.25, -0.2) is 4.79 Å². The van der Waals surface area contributed by atoms with E-state index in [0.29, 0.717) is 29.9 Å². The number of esters is 2. The standard InChI is InChI=1S/C15H19NO4/c1-11(2)15(18)19-9-4-3-8-14(17)20-13-7-5-6-12(16)10-13/h5-7,10H,1,3-4,8-9,16H2,2H3. The Morgan fingerprint density at radius 1 is 1.30 bits per heavy atom. The van der Waals surface area contributed by atoms with E-state index in [4.69, 9.17) is 15.2 Å². The van der Waals surface area contributed by atoms with Crippen LogP contribution in [0.3, 0.4) is 0 Å². The molecule has 0 fully saturated rings. The van der Waals surface area contributed by atoms with Crippen molar-refractivity contribution in [1.82, 2.24) is 0 Å². The Balaban J connectivity index is 2.18. The molecule has 0 saturated carbocycles. The van der Waals surface area contributed by atoms with Crippen LogP contribution in [0.2, 0.25) is 0 Å². The van der Waals surface area contributed by atoms with Crippen LogP contribution in [0.25, 0.3) is 0 Å². The van der Waals surface area contributed by atoms with Crippen LogP contribution >= 0.6 is 0 Å². The molecule has 0 bridgehead atoms. The van der Waals surface area contributed by atoms with Crippen LogP contribution in [-0.4, -0.2) is 18.5 Å². The van der Waals surface area contributed by atoms with E-state index in [2.05, 4.69) is 6.58 Å². The minimum absolute atomic E-state index is 0.263. The molecular weight excluding hydrogens is 258 g/mol. The second kappa shape index (κ2) is 7.99. The Bertz CT molecular complexity index is 496. The molecule has 0 aromatic heterocycles. The molecule has 0 saturated heterocycles. The summed E-state index contributed by atoms with van der Waals surface area (Å²) in [6.45, 7) is 5.34. The zero-order chi connectivity index (χ0) is 15.0. The number of nitrogens with two attached hydrogens (primary N) is 1. The Morgan fingerprint density at radius 3 is 2.70 bits per heavy atom. The molecule has 1 rings (SSSR count). The Labute approximate surface area is 118 Å². The fourth-order valence-electron chi connectivity index (χ4n) is 1.42. The van der Waals surface area contributed by atoms with Gasteiger partial charge in [0.15, 0.2) is 0 Å². The second-order valence-electron chi connectivity index (χ2n) is 4.42. The molecule has 1 aromatic rings. The zero-order valence-corrected chi connectivity index (χ0v) is 11.6. The fourth-order valence-corrected chi connectivity index (χ4v) is 1.42. The van der Waals surface area contributed by atoms with Gasteiger partial charge in [0.25, 0.3) is 0 Å². The Hall–Kier alpha value is -2.30. The van der Waals surface area contributed by atoms with Crippen molar-refractivity contribution in [3.63, 3.8) is 0 Å². The molecule has 0 aliphatic rings. The number of nitrogen functional groups attached to an aromatic ring is 1. The third kappa shape index (κ3) is 6.04. The first-order valence-electron chi connectivity index (χ1n) is 6.38. The molecule has 0 radical (unpaired) electrons. The molecule has 0 atom stereocenters. The number of benzene rings is 1. The number of rotatable bonds is 7. The van der Waals surface area contributed by atoms with Gasteiger partial charge in [0.05, 0.1) is 6.61 Å². The Morgan fingerprint density at radius 2 is 2.05 bits per heavy atom. The lowest BCUT2D eigenvalue weighted by Gasteiger charge is -2.06. The predicted octanol–water partition coefficient (Wildman–Crippen LogP) is 2.46. The van der Waals surface area contributed by atoms with Crippen molar-refractivity contribution in [2.24, 2.45) is 0 Å². The molecule has 0 amide bonds. The molecule has 0 unspecified atom stereocenters. The maximum atomic E-state index is 11.5. The molecule has 2 N–H and O–H groups in total. The van der Waals surface area contributed by atoms with Crippen molar-refractivity contribution < 1.29 is 19.1 Å². The molecule has 5 heteroatoms. The molecular formula is C15H19NO4. The third-order valence-electron chi connectivity index (χ3n) is 2.45. The number of carbonyl (C=O) groups excluding carboxylic acids is 2. The van der Waals surface area contributed by atoms with E-state index in [1.165, 1.54) is 0 Å². The SMILES string of the molecule is C=C(C)C(=O)OCCCCC(=O)Oc1cccc(N)c1. The van der Waals surface area contributed by atoms with Crippen LogP contribution in [0.5, 0.6) is 5.75 Å².